The van der Waals surface area contributed by atoms with E-state index >= 15 is 0 Å². The SMILES string of the molecule is CCc1ccc(CC(=O)N/N=C\c2ccc(-c3ccc([N+](=O)[O-])cc3)o2)cc1. The Hall–Kier alpha value is -3.74. The van der Waals surface area contributed by atoms with Crippen molar-refractivity contribution in [1.82, 2.24) is 5.43 Å². The molecule has 0 fully saturated rings. The highest BCUT2D eigenvalue weighted by atomic mass is 16.6. The van der Waals surface area contributed by atoms with Crippen molar-refractivity contribution in [3.63, 3.8) is 0 Å². The summed E-state index contributed by atoms with van der Waals surface area (Å²) in [5.41, 5.74) is 5.35. The van der Waals surface area contributed by atoms with E-state index in [9.17, 15) is 14.9 Å². The van der Waals surface area contributed by atoms with E-state index in [0.717, 1.165) is 12.0 Å². The van der Waals surface area contributed by atoms with Gasteiger partial charge < -0.3 is 4.42 Å². The van der Waals surface area contributed by atoms with Gasteiger partial charge in [-0.3, -0.25) is 14.9 Å². The molecule has 0 radical (unpaired) electrons. The molecule has 0 atom stereocenters. The number of amides is 1. The van der Waals surface area contributed by atoms with Crippen LogP contribution in [0.5, 0.6) is 0 Å². The zero-order valence-corrected chi connectivity index (χ0v) is 15.3. The highest BCUT2D eigenvalue weighted by Crippen LogP contribution is 2.23. The van der Waals surface area contributed by atoms with Crippen LogP contribution in [0.4, 0.5) is 5.69 Å². The molecule has 0 saturated carbocycles. The first kappa shape index (κ1) is 19.0. The number of aryl methyl sites for hydroxylation is 1. The number of furan rings is 1. The molecule has 3 rings (SSSR count). The van der Waals surface area contributed by atoms with E-state index in [4.69, 9.17) is 4.42 Å². The van der Waals surface area contributed by atoms with Gasteiger partial charge in [-0.15, -0.1) is 0 Å². The fraction of sp³-hybridized carbons (Fsp3) is 0.143. The molecule has 0 aliphatic heterocycles. The molecular weight excluding hydrogens is 358 g/mol. The van der Waals surface area contributed by atoms with Crippen LogP contribution in [0.3, 0.4) is 0 Å². The van der Waals surface area contributed by atoms with E-state index in [1.165, 1.54) is 23.9 Å². The van der Waals surface area contributed by atoms with Gasteiger partial charge in [-0.1, -0.05) is 31.2 Å². The summed E-state index contributed by atoms with van der Waals surface area (Å²) in [4.78, 5) is 22.2. The minimum Gasteiger partial charge on any atom is -0.455 e. The maximum Gasteiger partial charge on any atom is 0.269 e. The number of carbonyl (C=O) groups excluding carboxylic acids is 1. The zero-order chi connectivity index (χ0) is 19.9. The van der Waals surface area contributed by atoms with Crippen LogP contribution in [-0.2, 0) is 17.6 Å². The molecule has 0 aliphatic carbocycles. The van der Waals surface area contributed by atoms with Crippen molar-refractivity contribution in [2.75, 3.05) is 0 Å². The molecule has 1 heterocycles. The van der Waals surface area contributed by atoms with Gasteiger partial charge in [0.2, 0.25) is 5.91 Å². The van der Waals surface area contributed by atoms with Gasteiger partial charge in [-0.2, -0.15) is 5.10 Å². The predicted octanol–water partition coefficient (Wildman–Crippen LogP) is 4.11. The molecule has 28 heavy (non-hydrogen) atoms. The Labute approximate surface area is 161 Å². The van der Waals surface area contributed by atoms with Crippen LogP contribution in [0.15, 0.2) is 70.2 Å². The van der Waals surface area contributed by atoms with Crippen LogP contribution < -0.4 is 5.43 Å². The number of nitrogens with zero attached hydrogens (tertiary/aromatic N) is 2. The highest BCUT2D eigenvalue weighted by molar-refractivity contribution is 5.82. The molecule has 7 nitrogen and oxygen atoms in total. The quantitative estimate of drug-likeness (QED) is 0.380. The Balaban J connectivity index is 1.55. The van der Waals surface area contributed by atoms with E-state index in [1.807, 2.05) is 24.3 Å². The minimum absolute atomic E-state index is 0.0177. The van der Waals surface area contributed by atoms with Crippen molar-refractivity contribution < 1.29 is 14.1 Å². The largest absolute Gasteiger partial charge is 0.455 e. The number of rotatable bonds is 7. The normalized spacial score (nSPS) is 10.9. The van der Waals surface area contributed by atoms with Crippen LogP contribution in [0.2, 0.25) is 0 Å². The Morgan fingerprint density at radius 1 is 1.07 bits per heavy atom. The predicted molar refractivity (Wildman–Crippen MR) is 106 cm³/mol. The lowest BCUT2D eigenvalue weighted by Crippen LogP contribution is -2.19. The van der Waals surface area contributed by atoms with Gasteiger partial charge in [0.05, 0.1) is 17.6 Å². The summed E-state index contributed by atoms with van der Waals surface area (Å²) in [5.74, 6) is 0.794. The first-order valence-corrected chi connectivity index (χ1v) is 8.79. The molecule has 0 aliphatic rings. The van der Waals surface area contributed by atoms with Crippen molar-refractivity contribution in [2.24, 2.45) is 5.10 Å². The summed E-state index contributed by atoms with van der Waals surface area (Å²) in [5, 5.41) is 14.6. The van der Waals surface area contributed by atoms with Crippen LogP contribution in [-0.4, -0.2) is 17.0 Å². The van der Waals surface area contributed by atoms with E-state index in [-0.39, 0.29) is 18.0 Å². The van der Waals surface area contributed by atoms with Gasteiger partial charge >= 0.3 is 0 Å². The summed E-state index contributed by atoms with van der Waals surface area (Å²) in [6, 6.07) is 17.4. The Kier molecular flexibility index (Phi) is 5.96. The molecule has 1 amide bonds. The lowest BCUT2D eigenvalue weighted by Gasteiger charge is -2.02. The van der Waals surface area contributed by atoms with Crippen LogP contribution >= 0.6 is 0 Å². The monoisotopic (exact) mass is 377 g/mol. The zero-order valence-electron chi connectivity index (χ0n) is 15.3. The summed E-state index contributed by atoms with van der Waals surface area (Å²) >= 11 is 0. The second-order valence-electron chi connectivity index (χ2n) is 6.15. The van der Waals surface area contributed by atoms with Gasteiger partial charge in [-0.05, 0) is 41.8 Å². The van der Waals surface area contributed by atoms with Gasteiger partial charge in [-0.25, -0.2) is 5.43 Å². The summed E-state index contributed by atoms with van der Waals surface area (Å²) in [7, 11) is 0. The van der Waals surface area contributed by atoms with Crippen molar-refractivity contribution >= 4 is 17.8 Å². The maximum atomic E-state index is 12.0. The maximum absolute atomic E-state index is 12.0. The van der Waals surface area contributed by atoms with E-state index in [2.05, 4.69) is 17.5 Å². The van der Waals surface area contributed by atoms with Gasteiger partial charge in [0.25, 0.3) is 5.69 Å². The number of nitro groups is 1. The minimum atomic E-state index is -0.454. The summed E-state index contributed by atoms with van der Waals surface area (Å²) in [6.07, 6.45) is 2.61. The molecule has 7 heteroatoms. The molecule has 142 valence electrons. The lowest BCUT2D eigenvalue weighted by molar-refractivity contribution is -0.384. The number of hydrazone groups is 1. The molecular formula is C21H19N3O4. The Morgan fingerprint density at radius 2 is 1.75 bits per heavy atom. The number of benzene rings is 2. The molecule has 1 aromatic heterocycles. The Morgan fingerprint density at radius 3 is 2.39 bits per heavy atom. The number of non-ortho nitro benzene ring substituents is 1. The van der Waals surface area contributed by atoms with Crippen molar-refractivity contribution in [3.05, 3.63) is 87.7 Å². The third-order valence-electron chi connectivity index (χ3n) is 4.17. The highest BCUT2D eigenvalue weighted by Gasteiger charge is 2.08. The molecule has 0 bridgehead atoms. The standard InChI is InChI=1S/C21H19N3O4/c1-2-15-3-5-16(6-4-15)13-21(25)23-22-14-19-11-12-20(28-19)17-7-9-18(10-8-17)24(26)27/h3-12,14H,2,13H2,1H3,(H,23,25)/b22-14-. The summed E-state index contributed by atoms with van der Waals surface area (Å²) < 4.78 is 5.63. The van der Waals surface area contributed by atoms with Crippen LogP contribution in [0, 0.1) is 10.1 Å². The van der Waals surface area contributed by atoms with E-state index in [0.29, 0.717) is 17.1 Å². The first-order valence-electron chi connectivity index (χ1n) is 8.79. The van der Waals surface area contributed by atoms with Crippen molar-refractivity contribution in [3.8, 4) is 11.3 Å². The average molecular weight is 377 g/mol. The lowest BCUT2D eigenvalue weighted by atomic mass is 10.1. The number of hydrogen-bond acceptors (Lipinski definition) is 5. The molecule has 0 unspecified atom stereocenters. The Bertz CT molecular complexity index is 989. The van der Waals surface area contributed by atoms with Crippen molar-refractivity contribution in [1.29, 1.82) is 0 Å². The molecule has 3 aromatic rings. The molecule has 2 aromatic carbocycles. The van der Waals surface area contributed by atoms with E-state index < -0.39 is 4.92 Å². The third-order valence-corrected chi connectivity index (χ3v) is 4.17. The van der Waals surface area contributed by atoms with Gasteiger partial charge in [0, 0.05) is 17.7 Å². The van der Waals surface area contributed by atoms with Crippen LogP contribution in [0.1, 0.15) is 23.8 Å². The number of carbonyl (C=O) groups is 1. The average Bonchev–Trinajstić information content (AvgIpc) is 3.17. The summed E-state index contributed by atoms with van der Waals surface area (Å²) in [6.45, 7) is 2.08. The second kappa shape index (κ2) is 8.77. The molecule has 0 spiro atoms. The van der Waals surface area contributed by atoms with Gasteiger partial charge in [0.15, 0.2) is 0 Å². The topological polar surface area (TPSA) is 97.7 Å². The first-order chi connectivity index (χ1) is 13.5. The molecule has 1 N–H and O–H groups in total. The van der Waals surface area contributed by atoms with E-state index in [1.54, 1.807) is 24.3 Å². The molecule has 0 saturated heterocycles. The fourth-order valence-corrected chi connectivity index (χ4v) is 2.61. The number of nitrogens with one attached hydrogen (secondary N) is 1. The van der Waals surface area contributed by atoms with Gasteiger partial charge in [0.1, 0.15) is 11.5 Å². The van der Waals surface area contributed by atoms with Crippen LogP contribution in [0.25, 0.3) is 11.3 Å². The number of nitro benzene ring substituents is 1. The smallest absolute Gasteiger partial charge is 0.269 e. The second-order valence-corrected chi connectivity index (χ2v) is 6.15. The fourth-order valence-electron chi connectivity index (χ4n) is 2.61. The third kappa shape index (κ3) is 4.91. The number of hydrogen-bond donors (Lipinski definition) is 1. The van der Waals surface area contributed by atoms with Crippen molar-refractivity contribution in [2.45, 2.75) is 19.8 Å².